The molecule has 32 heavy (non-hydrogen) atoms. The van der Waals surface area contributed by atoms with Gasteiger partial charge in [-0.2, -0.15) is 5.06 Å². The van der Waals surface area contributed by atoms with Crippen molar-refractivity contribution in [1.82, 2.24) is 15.1 Å². The second-order valence-electron chi connectivity index (χ2n) is 8.32. The molecule has 2 aliphatic heterocycles. The molecule has 1 N–H and O–H groups in total. The standard InChI is InChI=1S/C23H26FN3O3.2ClH/c24-19-7-8-21-22(10-19)30-25-23(21)18-6-3-9-26(11-18)14-20(28)15-29-27-12-16-4-1-2-5-17(16)13-27;;/h1-2,4-5,7-8,10,18,20,28H,3,6,9,11-15H2;2*1H. The Morgan fingerprint density at radius 3 is 2.66 bits per heavy atom. The van der Waals surface area contributed by atoms with Gasteiger partial charge in [-0.25, -0.2) is 4.39 Å². The fraction of sp³-hybridized carbons (Fsp3) is 0.435. The lowest BCUT2D eigenvalue weighted by Gasteiger charge is -2.33. The van der Waals surface area contributed by atoms with Crippen LogP contribution < -0.4 is 0 Å². The van der Waals surface area contributed by atoms with E-state index in [1.54, 1.807) is 6.07 Å². The van der Waals surface area contributed by atoms with Crippen molar-refractivity contribution < 1.29 is 18.9 Å². The van der Waals surface area contributed by atoms with Gasteiger partial charge in [0.2, 0.25) is 0 Å². The number of rotatable bonds is 6. The molecule has 5 rings (SSSR count). The van der Waals surface area contributed by atoms with Crippen LogP contribution in [0.2, 0.25) is 0 Å². The number of β-amino-alcohol motifs (C(OH)–C–C–N with tert-alkyl or cyclic N) is 1. The van der Waals surface area contributed by atoms with Crippen molar-refractivity contribution in [3.8, 4) is 0 Å². The van der Waals surface area contributed by atoms with Crippen molar-refractivity contribution in [3.05, 3.63) is 65.1 Å². The van der Waals surface area contributed by atoms with Crippen molar-refractivity contribution in [3.63, 3.8) is 0 Å². The molecule has 6 nitrogen and oxygen atoms in total. The predicted octanol–water partition coefficient (Wildman–Crippen LogP) is 4.30. The number of hydrogen-bond donors (Lipinski definition) is 1. The number of benzene rings is 2. The van der Waals surface area contributed by atoms with Crippen LogP contribution in [-0.2, 0) is 17.9 Å². The Balaban J connectivity index is 0.00000144. The third kappa shape index (κ3) is 5.42. The number of fused-ring (bicyclic) bond motifs is 2. The molecule has 2 atom stereocenters. The fourth-order valence-corrected chi connectivity index (χ4v) is 4.61. The van der Waals surface area contributed by atoms with E-state index in [0.717, 1.165) is 50.1 Å². The third-order valence-corrected chi connectivity index (χ3v) is 6.08. The number of piperidine rings is 1. The molecule has 1 saturated heterocycles. The highest BCUT2D eigenvalue weighted by Gasteiger charge is 2.27. The maximum atomic E-state index is 13.4. The summed E-state index contributed by atoms with van der Waals surface area (Å²) in [6.07, 6.45) is 1.47. The molecular formula is C23H28Cl2FN3O3. The molecule has 0 saturated carbocycles. The van der Waals surface area contributed by atoms with Crippen LogP contribution in [0.25, 0.3) is 11.0 Å². The lowest BCUT2D eigenvalue weighted by molar-refractivity contribution is -0.186. The van der Waals surface area contributed by atoms with Crippen LogP contribution in [0.15, 0.2) is 47.0 Å². The molecule has 9 heteroatoms. The van der Waals surface area contributed by atoms with Gasteiger partial charge in [0, 0.05) is 43.5 Å². The molecule has 2 aliphatic rings. The number of nitrogens with zero attached hydrogens (tertiary/aromatic N) is 3. The predicted molar refractivity (Wildman–Crippen MR) is 125 cm³/mol. The number of likely N-dealkylation sites (tertiary alicyclic amines) is 1. The highest BCUT2D eigenvalue weighted by Crippen LogP contribution is 2.32. The van der Waals surface area contributed by atoms with E-state index < -0.39 is 6.10 Å². The van der Waals surface area contributed by atoms with Crippen molar-refractivity contribution in [2.75, 3.05) is 26.2 Å². The van der Waals surface area contributed by atoms with Crippen LogP contribution in [-0.4, -0.2) is 52.6 Å². The summed E-state index contributed by atoms with van der Waals surface area (Å²) in [7, 11) is 0. The summed E-state index contributed by atoms with van der Waals surface area (Å²) in [6.45, 7) is 4.09. The molecule has 1 fully saturated rings. The van der Waals surface area contributed by atoms with Crippen molar-refractivity contribution in [1.29, 1.82) is 0 Å². The number of aliphatic hydroxyl groups is 1. The fourth-order valence-electron chi connectivity index (χ4n) is 4.61. The maximum absolute atomic E-state index is 13.4. The van der Waals surface area contributed by atoms with E-state index in [0.29, 0.717) is 12.1 Å². The summed E-state index contributed by atoms with van der Waals surface area (Å²) >= 11 is 0. The number of halogens is 3. The van der Waals surface area contributed by atoms with Gasteiger partial charge in [-0.05, 0) is 42.6 Å². The zero-order chi connectivity index (χ0) is 20.5. The summed E-state index contributed by atoms with van der Waals surface area (Å²) in [6, 6.07) is 12.9. The molecule has 2 aromatic carbocycles. The zero-order valence-corrected chi connectivity index (χ0v) is 19.3. The molecule has 3 heterocycles. The first-order valence-electron chi connectivity index (χ1n) is 10.6. The summed E-state index contributed by atoms with van der Waals surface area (Å²) in [4.78, 5) is 8.11. The van der Waals surface area contributed by atoms with Gasteiger partial charge >= 0.3 is 0 Å². The average Bonchev–Trinajstić information content (AvgIpc) is 3.35. The van der Waals surface area contributed by atoms with Crippen molar-refractivity contribution >= 4 is 35.8 Å². The van der Waals surface area contributed by atoms with Crippen LogP contribution in [0.4, 0.5) is 4.39 Å². The highest BCUT2D eigenvalue weighted by molar-refractivity contribution is 5.85. The Kier molecular flexibility index (Phi) is 8.49. The molecule has 0 radical (unpaired) electrons. The highest BCUT2D eigenvalue weighted by atomic mass is 35.5. The molecular weight excluding hydrogens is 456 g/mol. The van der Waals surface area contributed by atoms with E-state index in [-0.39, 0.29) is 43.2 Å². The van der Waals surface area contributed by atoms with Crippen LogP contribution in [0.1, 0.15) is 35.6 Å². The van der Waals surface area contributed by atoms with Crippen molar-refractivity contribution in [2.45, 2.75) is 38.0 Å². The topological polar surface area (TPSA) is 62.0 Å². The SMILES string of the molecule is Cl.Cl.OC(CON1Cc2ccccc2C1)CN1CCCC(c2noc3cc(F)ccc23)C1. The van der Waals surface area contributed by atoms with Gasteiger partial charge in [-0.1, -0.05) is 29.4 Å². The Morgan fingerprint density at radius 1 is 1.16 bits per heavy atom. The summed E-state index contributed by atoms with van der Waals surface area (Å²) in [5.74, 6) is -0.105. The van der Waals surface area contributed by atoms with E-state index in [2.05, 4.69) is 22.2 Å². The van der Waals surface area contributed by atoms with E-state index in [9.17, 15) is 9.50 Å². The van der Waals surface area contributed by atoms with Crippen LogP contribution >= 0.6 is 24.8 Å². The number of hydrogen-bond acceptors (Lipinski definition) is 6. The Morgan fingerprint density at radius 2 is 1.91 bits per heavy atom. The van der Waals surface area contributed by atoms with E-state index in [1.165, 1.54) is 23.3 Å². The summed E-state index contributed by atoms with van der Waals surface area (Å²) < 4.78 is 18.8. The van der Waals surface area contributed by atoms with Crippen LogP contribution in [0.3, 0.4) is 0 Å². The molecule has 0 spiro atoms. The van der Waals surface area contributed by atoms with Gasteiger partial charge in [0.15, 0.2) is 5.58 Å². The second kappa shape index (κ2) is 10.9. The summed E-state index contributed by atoms with van der Waals surface area (Å²) in [5.41, 5.74) is 3.94. The van der Waals surface area contributed by atoms with Gasteiger partial charge in [0.25, 0.3) is 0 Å². The first-order chi connectivity index (χ1) is 14.7. The van der Waals surface area contributed by atoms with E-state index in [4.69, 9.17) is 9.36 Å². The lowest BCUT2D eigenvalue weighted by Crippen LogP contribution is -2.41. The first kappa shape index (κ1) is 24.9. The van der Waals surface area contributed by atoms with Gasteiger partial charge in [0.1, 0.15) is 5.82 Å². The zero-order valence-electron chi connectivity index (χ0n) is 17.7. The molecule has 2 unspecified atom stereocenters. The van der Waals surface area contributed by atoms with Gasteiger partial charge in [-0.15, -0.1) is 24.8 Å². The molecule has 174 valence electrons. The van der Waals surface area contributed by atoms with Crippen LogP contribution in [0.5, 0.6) is 0 Å². The summed E-state index contributed by atoms with van der Waals surface area (Å²) in [5, 5.41) is 17.5. The van der Waals surface area contributed by atoms with E-state index in [1.807, 2.05) is 17.2 Å². The number of aromatic nitrogens is 1. The molecule has 3 aromatic rings. The lowest BCUT2D eigenvalue weighted by atomic mass is 9.92. The first-order valence-corrected chi connectivity index (χ1v) is 10.6. The largest absolute Gasteiger partial charge is 0.389 e. The number of hydroxylamine groups is 2. The molecule has 0 amide bonds. The van der Waals surface area contributed by atoms with E-state index >= 15 is 0 Å². The third-order valence-electron chi connectivity index (χ3n) is 6.08. The Bertz CT molecular complexity index is 1010. The molecule has 0 bridgehead atoms. The smallest absolute Gasteiger partial charge is 0.170 e. The van der Waals surface area contributed by atoms with Gasteiger partial charge < -0.3 is 14.5 Å². The normalized spacial score (nSPS) is 19.9. The van der Waals surface area contributed by atoms with Gasteiger partial charge in [0.05, 0.1) is 18.4 Å². The average molecular weight is 484 g/mol. The second-order valence-corrected chi connectivity index (χ2v) is 8.32. The Labute approximate surface area is 199 Å². The minimum Gasteiger partial charge on any atom is -0.389 e. The monoisotopic (exact) mass is 483 g/mol. The molecule has 0 aliphatic carbocycles. The number of aliphatic hydroxyl groups excluding tert-OH is 1. The minimum atomic E-state index is -0.560. The van der Waals surface area contributed by atoms with Crippen molar-refractivity contribution in [2.24, 2.45) is 0 Å². The molecule has 1 aromatic heterocycles. The van der Waals surface area contributed by atoms with Crippen LogP contribution in [0, 0.1) is 5.82 Å². The quantitative estimate of drug-likeness (QED) is 0.563. The Hall–Kier alpha value is -1.74. The maximum Gasteiger partial charge on any atom is 0.170 e. The van der Waals surface area contributed by atoms with Gasteiger partial charge in [-0.3, -0.25) is 4.84 Å². The minimum absolute atomic E-state index is 0.